The van der Waals surface area contributed by atoms with Crippen molar-refractivity contribution in [1.29, 1.82) is 0 Å². The summed E-state index contributed by atoms with van der Waals surface area (Å²) in [5.41, 5.74) is 1.57. The lowest BCUT2D eigenvalue weighted by Gasteiger charge is -2.35. The Kier molecular flexibility index (Phi) is 9.73. The summed E-state index contributed by atoms with van der Waals surface area (Å²) in [5.74, 6) is -0.572. The van der Waals surface area contributed by atoms with Gasteiger partial charge in [0.15, 0.2) is 0 Å². The predicted octanol–water partition coefficient (Wildman–Crippen LogP) is 4.41. The molecule has 0 spiro atoms. The molecule has 7 heteroatoms. The molecule has 1 aromatic rings. The zero-order chi connectivity index (χ0) is 24.7. The van der Waals surface area contributed by atoms with Crippen LogP contribution in [0.15, 0.2) is 18.2 Å². The second-order valence-electron chi connectivity index (χ2n) is 10.2. The normalized spacial score (nSPS) is 12.7. The fourth-order valence-corrected chi connectivity index (χ4v) is 3.41. The summed E-state index contributed by atoms with van der Waals surface area (Å²) in [6.45, 7) is 17.1. The summed E-state index contributed by atoms with van der Waals surface area (Å²) < 4.78 is 5.25. The van der Waals surface area contributed by atoms with E-state index in [2.05, 4.69) is 10.6 Å². The van der Waals surface area contributed by atoms with E-state index in [9.17, 15) is 14.4 Å². The third kappa shape index (κ3) is 8.89. The number of rotatable bonds is 8. The number of ether oxygens (including phenoxy) is 1. The summed E-state index contributed by atoms with van der Waals surface area (Å²) in [5, 5.41) is 5.57. The van der Waals surface area contributed by atoms with Crippen molar-refractivity contribution in [2.24, 2.45) is 0 Å². The predicted molar refractivity (Wildman–Crippen MR) is 127 cm³/mol. The van der Waals surface area contributed by atoms with E-state index in [-0.39, 0.29) is 18.4 Å². The molecule has 0 aliphatic rings. The second-order valence-corrected chi connectivity index (χ2v) is 10.2. The molecule has 1 atom stereocenters. The van der Waals surface area contributed by atoms with E-state index >= 15 is 0 Å². The molecule has 0 aromatic heterocycles. The van der Waals surface area contributed by atoms with Crippen LogP contribution in [-0.2, 0) is 14.3 Å². The van der Waals surface area contributed by atoms with Gasteiger partial charge in [0.25, 0.3) is 0 Å². The van der Waals surface area contributed by atoms with Crippen LogP contribution in [0.3, 0.4) is 0 Å². The molecule has 1 aromatic carbocycles. The maximum absolute atomic E-state index is 13.5. The highest BCUT2D eigenvalue weighted by Crippen LogP contribution is 2.29. The van der Waals surface area contributed by atoms with Crippen LogP contribution in [0.1, 0.15) is 84.0 Å². The van der Waals surface area contributed by atoms with E-state index < -0.39 is 23.3 Å². The second kappa shape index (κ2) is 11.3. The molecule has 3 amide bonds. The molecule has 0 aliphatic carbocycles. The largest absolute Gasteiger partial charge is 0.444 e. The van der Waals surface area contributed by atoms with Crippen LogP contribution in [0.25, 0.3) is 0 Å². The van der Waals surface area contributed by atoms with Crippen LogP contribution >= 0.6 is 0 Å². The average Bonchev–Trinajstić information content (AvgIpc) is 2.61. The number of alkyl carbamates (subject to hydrolysis) is 1. The van der Waals surface area contributed by atoms with Crippen LogP contribution in [0.2, 0.25) is 0 Å². The van der Waals surface area contributed by atoms with Gasteiger partial charge in [0.1, 0.15) is 18.2 Å². The van der Waals surface area contributed by atoms with Gasteiger partial charge < -0.3 is 20.3 Å². The standard InChI is InChI=1S/C25H41N3O4/c1-10-11-15-28(19(29)16-26-23(31)32-25(7,8)9)21(22(30)27-24(4,5)6)20-17(2)13-12-14-18(20)3/h12-14,21H,10-11,15-16H2,1-9H3,(H,26,31)(H,27,30). The first kappa shape index (κ1) is 27.5. The number of amides is 3. The van der Waals surface area contributed by atoms with Crippen molar-refractivity contribution in [3.05, 3.63) is 34.9 Å². The van der Waals surface area contributed by atoms with Gasteiger partial charge >= 0.3 is 6.09 Å². The first-order valence-electron chi connectivity index (χ1n) is 11.3. The van der Waals surface area contributed by atoms with Crippen LogP contribution in [0, 0.1) is 13.8 Å². The van der Waals surface area contributed by atoms with Crippen molar-refractivity contribution >= 4 is 17.9 Å². The molecule has 180 valence electrons. The Labute approximate surface area is 193 Å². The smallest absolute Gasteiger partial charge is 0.408 e. The molecule has 2 N–H and O–H groups in total. The Morgan fingerprint density at radius 1 is 1.03 bits per heavy atom. The number of nitrogens with zero attached hydrogens (tertiary/aromatic N) is 1. The molecular weight excluding hydrogens is 406 g/mol. The Morgan fingerprint density at radius 3 is 2.06 bits per heavy atom. The molecule has 7 nitrogen and oxygen atoms in total. The van der Waals surface area contributed by atoms with Gasteiger partial charge in [-0.2, -0.15) is 0 Å². The van der Waals surface area contributed by atoms with Crippen molar-refractivity contribution in [2.75, 3.05) is 13.1 Å². The quantitative estimate of drug-likeness (QED) is 0.618. The lowest BCUT2D eigenvalue weighted by atomic mass is 9.93. The van der Waals surface area contributed by atoms with E-state index in [1.807, 2.05) is 59.7 Å². The number of unbranched alkanes of at least 4 members (excludes halogenated alkanes) is 1. The van der Waals surface area contributed by atoms with Crippen LogP contribution in [0.4, 0.5) is 4.79 Å². The Balaban J connectivity index is 3.32. The van der Waals surface area contributed by atoms with Crippen molar-refractivity contribution in [1.82, 2.24) is 15.5 Å². The third-order valence-electron chi connectivity index (χ3n) is 4.73. The average molecular weight is 448 g/mol. The molecular formula is C25H41N3O4. The Hall–Kier alpha value is -2.57. The van der Waals surface area contributed by atoms with E-state index in [1.54, 1.807) is 25.7 Å². The number of nitrogens with one attached hydrogen (secondary N) is 2. The molecule has 1 unspecified atom stereocenters. The van der Waals surface area contributed by atoms with Gasteiger partial charge in [-0.05, 0) is 78.5 Å². The van der Waals surface area contributed by atoms with Crippen molar-refractivity contribution in [3.63, 3.8) is 0 Å². The van der Waals surface area contributed by atoms with Gasteiger partial charge in [0.05, 0.1) is 0 Å². The topological polar surface area (TPSA) is 87.7 Å². The summed E-state index contributed by atoms with van der Waals surface area (Å²) in [7, 11) is 0. The zero-order valence-corrected chi connectivity index (χ0v) is 21.2. The lowest BCUT2D eigenvalue weighted by Crippen LogP contribution is -2.51. The van der Waals surface area contributed by atoms with Gasteiger partial charge in [-0.15, -0.1) is 0 Å². The fraction of sp³-hybridized carbons (Fsp3) is 0.640. The van der Waals surface area contributed by atoms with Gasteiger partial charge in [0.2, 0.25) is 11.8 Å². The minimum absolute atomic E-state index is 0.239. The molecule has 0 heterocycles. The molecule has 32 heavy (non-hydrogen) atoms. The summed E-state index contributed by atoms with van der Waals surface area (Å²) in [4.78, 5) is 40.5. The van der Waals surface area contributed by atoms with Gasteiger partial charge in [-0.1, -0.05) is 31.5 Å². The Bertz CT molecular complexity index is 786. The number of aryl methyl sites for hydroxylation is 2. The van der Waals surface area contributed by atoms with Crippen LogP contribution in [-0.4, -0.2) is 47.0 Å². The first-order valence-corrected chi connectivity index (χ1v) is 11.3. The molecule has 0 saturated carbocycles. The highest BCUT2D eigenvalue weighted by Gasteiger charge is 2.34. The SMILES string of the molecule is CCCCN(C(=O)CNC(=O)OC(C)(C)C)C(C(=O)NC(C)(C)C)c1c(C)cccc1C. The lowest BCUT2D eigenvalue weighted by molar-refractivity contribution is -0.141. The summed E-state index contributed by atoms with van der Waals surface area (Å²) in [6, 6.07) is 5.03. The molecule has 0 aliphatic heterocycles. The van der Waals surface area contributed by atoms with Crippen molar-refractivity contribution in [3.8, 4) is 0 Å². The number of carbonyl (C=O) groups excluding carboxylic acids is 3. The first-order chi connectivity index (χ1) is 14.7. The van der Waals surface area contributed by atoms with Crippen molar-refractivity contribution < 1.29 is 19.1 Å². The van der Waals surface area contributed by atoms with Crippen molar-refractivity contribution in [2.45, 2.75) is 92.3 Å². The highest BCUT2D eigenvalue weighted by molar-refractivity contribution is 5.91. The van der Waals surface area contributed by atoms with Gasteiger partial charge in [-0.25, -0.2) is 4.79 Å². The number of benzene rings is 1. The molecule has 0 fully saturated rings. The van der Waals surface area contributed by atoms with Crippen LogP contribution in [0.5, 0.6) is 0 Å². The van der Waals surface area contributed by atoms with E-state index in [4.69, 9.17) is 4.74 Å². The third-order valence-corrected chi connectivity index (χ3v) is 4.73. The summed E-state index contributed by atoms with van der Waals surface area (Å²) in [6.07, 6.45) is 0.940. The van der Waals surface area contributed by atoms with E-state index in [0.717, 1.165) is 29.5 Å². The zero-order valence-electron chi connectivity index (χ0n) is 21.2. The maximum Gasteiger partial charge on any atom is 0.408 e. The monoisotopic (exact) mass is 447 g/mol. The number of carbonyl (C=O) groups is 3. The van der Waals surface area contributed by atoms with Crippen LogP contribution < -0.4 is 10.6 Å². The molecule has 0 radical (unpaired) electrons. The fourth-order valence-electron chi connectivity index (χ4n) is 3.41. The number of hydrogen-bond acceptors (Lipinski definition) is 4. The van der Waals surface area contributed by atoms with E-state index in [0.29, 0.717) is 6.54 Å². The Morgan fingerprint density at radius 2 is 1.59 bits per heavy atom. The maximum atomic E-state index is 13.5. The van der Waals surface area contributed by atoms with E-state index in [1.165, 1.54) is 0 Å². The molecule has 1 rings (SSSR count). The molecule has 0 saturated heterocycles. The summed E-state index contributed by atoms with van der Waals surface area (Å²) >= 11 is 0. The number of hydrogen-bond donors (Lipinski definition) is 2. The molecule has 0 bridgehead atoms. The highest BCUT2D eigenvalue weighted by atomic mass is 16.6. The minimum Gasteiger partial charge on any atom is -0.444 e. The van der Waals surface area contributed by atoms with Gasteiger partial charge in [0, 0.05) is 12.1 Å². The minimum atomic E-state index is -0.796. The van der Waals surface area contributed by atoms with Gasteiger partial charge in [-0.3, -0.25) is 9.59 Å².